The first-order valence-corrected chi connectivity index (χ1v) is 8.65. The number of nitrogens with zero attached hydrogens (tertiary/aromatic N) is 3. The Morgan fingerprint density at radius 2 is 1.84 bits per heavy atom. The fourth-order valence-electron chi connectivity index (χ4n) is 2.78. The highest BCUT2D eigenvalue weighted by atomic mass is 32.1. The van der Waals surface area contributed by atoms with Gasteiger partial charge >= 0.3 is 5.97 Å². The average molecular weight is 349 g/mol. The van der Waals surface area contributed by atoms with Gasteiger partial charge in [0.05, 0.1) is 27.2 Å². The molecule has 6 heteroatoms. The second-order valence-corrected chi connectivity index (χ2v) is 6.63. The largest absolute Gasteiger partial charge is 0.365 e. The van der Waals surface area contributed by atoms with Crippen LogP contribution in [0.3, 0.4) is 0 Å². The van der Waals surface area contributed by atoms with E-state index in [2.05, 4.69) is 14.5 Å². The molecule has 0 bridgehead atoms. The molecule has 0 fully saturated rings. The standard InChI is InChI=1S/C19H15N3O2S/c1-12(21-24-18(23)14-8-4-3-5-9-14)17-13(2)22-16-11-7-6-10-15(16)20-19(22)25-17/h3-11H,1-2H3/b21-12-. The molecule has 2 aromatic carbocycles. The topological polar surface area (TPSA) is 56.0 Å². The van der Waals surface area contributed by atoms with Crippen molar-refractivity contribution in [3.05, 3.63) is 70.7 Å². The number of fused-ring (bicyclic) bond motifs is 3. The monoisotopic (exact) mass is 349 g/mol. The summed E-state index contributed by atoms with van der Waals surface area (Å²) in [6, 6.07) is 16.8. The van der Waals surface area contributed by atoms with Gasteiger partial charge in [-0.1, -0.05) is 46.8 Å². The van der Waals surface area contributed by atoms with Crippen LogP contribution in [0, 0.1) is 6.92 Å². The van der Waals surface area contributed by atoms with Crippen molar-refractivity contribution in [2.45, 2.75) is 13.8 Å². The third-order valence-corrected chi connectivity index (χ3v) is 5.24. The van der Waals surface area contributed by atoms with Crippen LogP contribution in [0.5, 0.6) is 0 Å². The highest BCUT2D eigenvalue weighted by Crippen LogP contribution is 2.28. The van der Waals surface area contributed by atoms with Gasteiger partial charge in [0.25, 0.3) is 0 Å². The van der Waals surface area contributed by atoms with Crippen molar-refractivity contribution >= 4 is 39.0 Å². The molecular formula is C19H15N3O2S. The number of hydrogen-bond donors (Lipinski definition) is 0. The third kappa shape index (κ3) is 2.70. The molecule has 0 amide bonds. The number of rotatable bonds is 3. The molecule has 0 aliphatic carbocycles. The molecule has 5 nitrogen and oxygen atoms in total. The Morgan fingerprint density at radius 1 is 1.12 bits per heavy atom. The Hall–Kier alpha value is -2.99. The number of aryl methyl sites for hydroxylation is 1. The van der Waals surface area contributed by atoms with E-state index in [0.717, 1.165) is 26.6 Å². The number of carbonyl (C=O) groups excluding carboxylic acids is 1. The van der Waals surface area contributed by atoms with Crippen molar-refractivity contribution in [1.82, 2.24) is 9.38 Å². The predicted molar refractivity (Wildman–Crippen MR) is 99.4 cm³/mol. The zero-order valence-electron chi connectivity index (χ0n) is 13.8. The van der Waals surface area contributed by atoms with Crippen LogP contribution < -0.4 is 0 Å². The lowest BCUT2D eigenvalue weighted by Gasteiger charge is -2.01. The van der Waals surface area contributed by atoms with E-state index in [9.17, 15) is 4.79 Å². The van der Waals surface area contributed by atoms with Crippen LogP contribution in [0.2, 0.25) is 0 Å². The first-order valence-electron chi connectivity index (χ1n) is 7.83. The highest BCUT2D eigenvalue weighted by Gasteiger charge is 2.16. The zero-order chi connectivity index (χ0) is 17.4. The summed E-state index contributed by atoms with van der Waals surface area (Å²) in [5.74, 6) is -0.468. The molecule has 4 aromatic rings. The second-order valence-electron chi connectivity index (χ2n) is 5.66. The number of imidazole rings is 1. The molecule has 0 aliphatic rings. The molecule has 0 saturated heterocycles. The van der Waals surface area contributed by atoms with Crippen LogP contribution in [-0.2, 0) is 4.84 Å². The van der Waals surface area contributed by atoms with Crippen molar-refractivity contribution < 1.29 is 9.63 Å². The maximum atomic E-state index is 12.0. The van der Waals surface area contributed by atoms with E-state index in [1.807, 2.05) is 44.2 Å². The van der Waals surface area contributed by atoms with E-state index < -0.39 is 5.97 Å². The van der Waals surface area contributed by atoms with Crippen molar-refractivity contribution in [2.24, 2.45) is 5.16 Å². The Morgan fingerprint density at radius 3 is 2.64 bits per heavy atom. The third-order valence-electron chi connectivity index (χ3n) is 3.99. The van der Waals surface area contributed by atoms with Crippen molar-refractivity contribution in [2.75, 3.05) is 0 Å². The molecule has 2 heterocycles. The highest BCUT2D eigenvalue weighted by molar-refractivity contribution is 7.19. The van der Waals surface area contributed by atoms with Gasteiger partial charge in [-0.2, -0.15) is 0 Å². The fourth-order valence-corrected chi connectivity index (χ4v) is 3.85. The number of hydrogen-bond acceptors (Lipinski definition) is 5. The summed E-state index contributed by atoms with van der Waals surface area (Å²) in [7, 11) is 0. The van der Waals surface area contributed by atoms with Gasteiger partial charge in [-0.25, -0.2) is 9.78 Å². The van der Waals surface area contributed by atoms with Gasteiger partial charge in [-0.05, 0) is 38.1 Å². The van der Waals surface area contributed by atoms with Crippen LogP contribution in [0.4, 0.5) is 0 Å². The summed E-state index contributed by atoms with van der Waals surface area (Å²) in [6.07, 6.45) is 0. The molecule has 0 aliphatic heterocycles. The first-order chi connectivity index (χ1) is 12.1. The van der Waals surface area contributed by atoms with Gasteiger partial charge in [-0.3, -0.25) is 4.40 Å². The van der Waals surface area contributed by atoms with E-state index in [4.69, 9.17) is 4.84 Å². The molecule has 4 rings (SSSR count). The minimum absolute atomic E-state index is 0.468. The summed E-state index contributed by atoms with van der Waals surface area (Å²) in [6.45, 7) is 3.85. The lowest BCUT2D eigenvalue weighted by atomic mass is 10.2. The molecule has 124 valence electrons. The van der Waals surface area contributed by atoms with Gasteiger partial charge in [-0.15, -0.1) is 0 Å². The SMILES string of the molecule is C/C(=N/OC(=O)c1ccccc1)c1sc2nc3ccccc3n2c1C. The van der Waals surface area contributed by atoms with E-state index in [1.165, 1.54) is 11.3 Å². The molecule has 0 atom stereocenters. The molecule has 0 saturated carbocycles. The normalized spacial score (nSPS) is 12.0. The maximum absolute atomic E-state index is 12.0. The number of thiazole rings is 1. The van der Waals surface area contributed by atoms with Crippen molar-refractivity contribution in [1.29, 1.82) is 0 Å². The van der Waals surface area contributed by atoms with Gasteiger partial charge in [0.2, 0.25) is 0 Å². The van der Waals surface area contributed by atoms with Gasteiger partial charge < -0.3 is 4.84 Å². The zero-order valence-corrected chi connectivity index (χ0v) is 14.6. The molecule has 0 unspecified atom stereocenters. The summed E-state index contributed by atoms with van der Waals surface area (Å²) in [5, 5.41) is 4.02. The van der Waals surface area contributed by atoms with Crippen LogP contribution >= 0.6 is 11.3 Å². The number of benzene rings is 2. The Bertz CT molecular complexity index is 1110. The average Bonchev–Trinajstić information content (AvgIpc) is 3.17. The van der Waals surface area contributed by atoms with Crippen molar-refractivity contribution in [3.8, 4) is 0 Å². The lowest BCUT2D eigenvalue weighted by molar-refractivity contribution is 0.0516. The Kier molecular flexibility index (Phi) is 3.82. The first kappa shape index (κ1) is 15.5. The summed E-state index contributed by atoms with van der Waals surface area (Å²) < 4.78 is 2.10. The van der Waals surface area contributed by atoms with Crippen LogP contribution in [0.15, 0.2) is 59.8 Å². The quantitative estimate of drug-likeness (QED) is 0.312. The van der Waals surface area contributed by atoms with Gasteiger partial charge in [0.15, 0.2) is 4.96 Å². The minimum Gasteiger partial charge on any atom is -0.313 e. The lowest BCUT2D eigenvalue weighted by Crippen LogP contribution is -2.04. The summed E-state index contributed by atoms with van der Waals surface area (Å²) >= 11 is 1.53. The van der Waals surface area contributed by atoms with E-state index in [-0.39, 0.29) is 0 Å². The minimum atomic E-state index is -0.468. The number of aromatic nitrogens is 2. The number of oxime groups is 1. The second kappa shape index (κ2) is 6.14. The van der Waals surface area contributed by atoms with Gasteiger partial charge in [0.1, 0.15) is 0 Å². The van der Waals surface area contributed by atoms with Gasteiger partial charge in [0, 0.05) is 5.69 Å². The summed E-state index contributed by atoms with van der Waals surface area (Å²) in [4.78, 5) is 23.6. The summed E-state index contributed by atoms with van der Waals surface area (Å²) in [5.41, 5.74) is 4.19. The Labute approximate surface area is 148 Å². The fraction of sp³-hybridized carbons (Fsp3) is 0.105. The van der Waals surface area contributed by atoms with Crippen LogP contribution in [-0.4, -0.2) is 21.1 Å². The molecular weight excluding hydrogens is 334 g/mol. The molecule has 2 aromatic heterocycles. The van der Waals surface area contributed by atoms with E-state index in [1.54, 1.807) is 24.3 Å². The number of para-hydroxylation sites is 2. The van der Waals surface area contributed by atoms with Crippen LogP contribution in [0.1, 0.15) is 27.9 Å². The molecule has 0 spiro atoms. The predicted octanol–water partition coefficient (Wildman–Crippen LogP) is 4.44. The molecule has 25 heavy (non-hydrogen) atoms. The van der Waals surface area contributed by atoms with Crippen LogP contribution in [0.25, 0.3) is 16.0 Å². The van der Waals surface area contributed by atoms with E-state index in [0.29, 0.717) is 11.3 Å². The Balaban J connectivity index is 1.67. The number of carbonyl (C=O) groups is 1. The molecule has 0 N–H and O–H groups in total. The smallest absolute Gasteiger partial charge is 0.313 e. The van der Waals surface area contributed by atoms with Crippen molar-refractivity contribution in [3.63, 3.8) is 0 Å². The van der Waals surface area contributed by atoms with E-state index >= 15 is 0 Å². The maximum Gasteiger partial charge on any atom is 0.365 e. The molecule has 0 radical (unpaired) electrons.